The van der Waals surface area contributed by atoms with Crippen LogP contribution in [0.1, 0.15) is 26.6 Å². The lowest BCUT2D eigenvalue weighted by molar-refractivity contribution is -0.120. The molecule has 0 saturated carbocycles. The van der Waals surface area contributed by atoms with Gasteiger partial charge in [0.15, 0.2) is 0 Å². The van der Waals surface area contributed by atoms with Crippen molar-refractivity contribution in [2.24, 2.45) is 0 Å². The van der Waals surface area contributed by atoms with Crippen molar-refractivity contribution in [1.29, 1.82) is 0 Å². The SMILES string of the molecule is CC(C)(C)OC(=O)NCC(=O)NCc1nc2ccccc2[nH]1. The van der Waals surface area contributed by atoms with Crippen molar-refractivity contribution in [1.82, 2.24) is 20.6 Å². The molecule has 0 aliphatic rings. The average Bonchev–Trinajstić information content (AvgIpc) is 2.84. The molecule has 2 aromatic rings. The maximum atomic E-state index is 11.7. The van der Waals surface area contributed by atoms with Crippen LogP contribution in [0, 0.1) is 0 Å². The summed E-state index contributed by atoms with van der Waals surface area (Å²) in [6, 6.07) is 7.61. The number of imidazole rings is 1. The number of aromatic amines is 1. The zero-order chi connectivity index (χ0) is 16.2. The van der Waals surface area contributed by atoms with Gasteiger partial charge in [0.25, 0.3) is 0 Å². The number of amides is 2. The third kappa shape index (κ3) is 4.76. The molecule has 3 N–H and O–H groups in total. The molecule has 0 radical (unpaired) electrons. The predicted molar refractivity (Wildman–Crippen MR) is 82.2 cm³/mol. The molecule has 1 aromatic heterocycles. The summed E-state index contributed by atoms with van der Waals surface area (Å²) in [5, 5.41) is 5.07. The van der Waals surface area contributed by atoms with E-state index in [9.17, 15) is 9.59 Å². The largest absolute Gasteiger partial charge is 0.444 e. The molecule has 0 aliphatic heterocycles. The van der Waals surface area contributed by atoms with E-state index in [1.54, 1.807) is 20.8 Å². The number of benzene rings is 1. The van der Waals surface area contributed by atoms with Gasteiger partial charge in [-0.15, -0.1) is 0 Å². The van der Waals surface area contributed by atoms with Crippen LogP contribution in [-0.2, 0) is 16.1 Å². The molecule has 0 aliphatic carbocycles. The minimum atomic E-state index is -0.619. The number of hydrogen-bond donors (Lipinski definition) is 3. The van der Waals surface area contributed by atoms with Crippen molar-refractivity contribution in [3.05, 3.63) is 30.1 Å². The molecule has 22 heavy (non-hydrogen) atoms. The Hall–Kier alpha value is -2.57. The first-order valence-corrected chi connectivity index (χ1v) is 7.01. The van der Waals surface area contributed by atoms with Crippen molar-refractivity contribution >= 4 is 23.0 Å². The molecule has 0 saturated heterocycles. The van der Waals surface area contributed by atoms with E-state index in [-0.39, 0.29) is 19.0 Å². The molecule has 1 aromatic carbocycles. The number of carbonyl (C=O) groups excluding carboxylic acids is 2. The molecule has 2 amide bonds. The monoisotopic (exact) mass is 304 g/mol. The van der Waals surface area contributed by atoms with Crippen LogP contribution >= 0.6 is 0 Å². The minimum absolute atomic E-state index is 0.144. The lowest BCUT2D eigenvalue weighted by atomic mass is 10.2. The lowest BCUT2D eigenvalue weighted by Crippen LogP contribution is -2.39. The van der Waals surface area contributed by atoms with E-state index < -0.39 is 11.7 Å². The Morgan fingerprint density at radius 2 is 1.95 bits per heavy atom. The molecule has 0 spiro atoms. The van der Waals surface area contributed by atoms with Gasteiger partial charge in [-0.05, 0) is 32.9 Å². The summed E-state index contributed by atoms with van der Waals surface area (Å²) in [6.07, 6.45) is -0.619. The Morgan fingerprint density at radius 3 is 2.64 bits per heavy atom. The summed E-state index contributed by atoms with van der Waals surface area (Å²) in [7, 11) is 0. The molecule has 0 fully saturated rings. The van der Waals surface area contributed by atoms with Gasteiger partial charge in [-0.2, -0.15) is 0 Å². The normalized spacial score (nSPS) is 11.2. The molecule has 7 nitrogen and oxygen atoms in total. The summed E-state index contributed by atoms with van der Waals surface area (Å²) in [6.45, 7) is 5.40. The third-order valence-corrected chi connectivity index (χ3v) is 2.68. The number of para-hydroxylation sites is 2. The number of carbonyl (C=O) groups is 2. The molecule has 0 unspecified atom stereocenters. The van der Waals surface area contributed by atoms with Gasteiger partial charge in [0.2, 0.25) is 5.91 Å². The standard InChI is InChI=1S/C15H20N4O3/c1-15(2,3)22-14(21)17-9-13(20)16-8-12-18-10-6-4-5-7-11(10)19-12/h4-7H,8-9H2,1-3H3,(H,16,20)(H,17,21)(H,18,19). The van der Waals surface area contributed by atoms with E-state index in [2.05, 4.69) is 20.6 Å². The number of aromatic nitrogens is 2. The fourth-order valence-corrected chi connectivity index (χ4v) is 1.80. The van der Waals surface area contributed by atoms with Crippen LogP contribution in [0.15, 0.2) is 24.3 Å². The van der Waals surface area contributed by atoms with Gasteiger partial charge in [-0.3, -0.25) is 4.79 Å². The summed E-state index contributed by atoms with van der Waals surface area (Å²) in [4.78, 5) is 30.6. The number of alkyl carbamates (subject to hydrolysis) is 1. The van der Waals surface area contributed by atoms with Gasteiger partial charge in [-0.25, -0.2) is 9.78 Å². The number of H-pyrrole nitrogens is 1. The summed E-state index contributed by atoms with van der Waals surface area (Å²) < 4.78 is 5.04. The van der Waals surface area contributed by atoms with Crippen molar-refractivity contribution < 1.29 is 14.3 Å². The van der Waals surface area contributed by atoms with Crippen LogP contribution < -0.4 is 10.6 Å². The average molecular weight is 304 g/mol. The first-order valence-electron chi connectivity index (χ1n) is 7.01. The second kappa shape index (κ2) is 6.46. The first kappa shape index (κ1) is 15.8. The fraction of sp³-hybridized carbons (Fsp3) is 0.400. The summed E-state index contributed by atoms with van der Waals surface area (Å²) in [5.41, 5.74) is 1.17. The number of ether oxygens (including phenoxy) is 1. The van der Waals surface area contributed by atoms with Crippen LogP contribution in [0.3, 0.4) is 0 Å². The van der Waals surface area contributed by atoms with Gasteiger partial charge in [0, 0.05) is 0 Å². The van der Waals surface area contributed by atoms with Crippen molar-refractivity contribution in [3.63, 3.8) is 0 Å². The molecule has 1 heterocycles. The fourth-order valence-electron chi connectivity index (χ4n) is 1.80. The second-order valence-electron chi connectivity index (χ2n) is 5.83. The van der Waals surface area contributed by atoms with E-state index in [1.165, 1.54) is 0 Å². The molecule has 7 heteroatoms. The zero-order valence-electron chi connectivity index (χ0n) is 12.9. The third-order valence-electron chi connectivity index (χ3n) is 2.68. The molecular formula is C15H20N4O3. The zero-order valence-corrected chi connectivity index (χ0v) is 12.9. The Labute approximate surface area is 128 Å². The van der Waals surface area contributed by atoms with Crippen molar-refractivity contribution in [2.45, 2.75) is 32.9 Å². The predicted octanol–water partition coefficient (Wildman–Crippen LogP) is 1.70. The highest BCUT2D eigenvalue weighted by Gasteiger charge is 2.16. The topological polar surface area (TPSA) is 96.1 Å². The van der Waals surface area contributed by atoms with E-state index in [0.717, 1.165) is 11.0 Å². The Balaban J connectivity index is 1.77. The number of nitrogens with one attached hydrogen (secondary N) is 3. The highest BCUT2D eigenvalue weighted by Crippen LogP contribution is 2.09. The number of nitrogens with zero attached hydrogens (tertiary/aromatic N) is 1. The first-order chi connectivity index (χ1) is 10.3. The van der Waals surface area contributed by atoms with Gasteiger partial charge < -0.3 is 20.4 Å². The van der Waals surface area contributed by atoms with Crippen LogP contribution in [-0.4, -0.2) is 34.1 Å². The maximum absolute atomic E-state index is 11.7. The molecule has 0 bridgehead atoms. The van der Waals surface area contributed by atoms with E-state index in [1.807, 2.05) is 24.3 Å². The molecule has 118 valence electrons. The smallest absolute Gasteiger partial charge is 0.408 e. The van der Waals surface area contributed by atoms with E-state index >= 15 is 0 Å². The quantitative estimate of drug-likeness (QED) is 0.801. The Bertz CT molecular complexity index is 640. The minimum Gasteiger partial charge on any atom is -0.444 e. The van der Waals surface area contributed by atoms with Gasteiger partial charge in [0.1, 0.15) is 18.0 Å². The summed E-state index contributed by atoms with van der Waals surface area (Å²) in [5.74, 6) is 0.345. The second-order valence-corrected chi connectivity index (χ2v) is 5.83. The van der Waals surface area contributed by atoms with Crippen molar-refractivity contribution in [3.8, 4) is 0 Å². The number of fused-ring (bicyclic) bond motifs is 1. The van der Waals surface area contributed by atoms with Crippen LogP contribution in [0.2, 0.25) is 0 Å². The van der Waals surface area contributed by atoms with Crippen LogP contribution in [0.25, 0.3) is 11.0 Å². The van der Waals surface area contributed by atoms with Gasteiger partial charge >= 0.3 is 6.09 Å². The molecule has 2 rings (SSSR count). The van der Waals surface area contributed by atoms with Crippen LogP contribution in [0.5, 0.6) is 0 Å². The van der Waals surface area contributed by atoms with E-state index in [0.29, 0.717) is 5.82 Å². The van der Waals surface area contributed by atoms with Gasteiger partial charge in [-0.1, -0.05) is 12.1 Å². The molecule has 0 atom stereocenters. The Morgan fingerprint density at radius 1 is 1.23 bits per heavy atom. The maximum Gasteiger partial charge on any atom is 0.408 e. The van der Waals surface area contributed by atoms with Gasteiger partial charge in [0.05, 0.1) is 17.6 Å². The van der Waals surface area contributed by atoms with E-state index in [4.69, 9.17) is 4.74 Å². The summed E-state index contributed by atoms with van der Waals surface area (Å²) >= 11 is 0. The highest BCUT2D eigenvalue weighted by atomic mass is 16.6. The van der Waals surface area contributed by atoms with Crippen molar-refractivity contribution in [2.75, 3.05) is 6.54 Å². The lowest BCUT2D eigenvalue weighted by Gasteiger charge is -2.19. The number of rotatable bonds is 4. The molecular weight excluding hydrogens is 284 g/mol. The number of hydrogen-bond acceptors (Lipinski definition) is 4. The van der Waals surface area contributed by atoms with Crippen LogP contribution in [0.4, 0.5) is 4.79 Å². The highest BCUT2D eigenvalue weighted by molar-refractivity contribution is 5.82. The Kier molecular flexibility index (Phi) is 4.65.